The van der Waals surface area contributed by atoms with Gasteiger partial charge in [0.05, 0.1) is 24.5 Å². The van der Waals surface area contributed by atoms with Gasteiger partial charge in [-0.1, -0.05) is 24.3 Å². The number of carbonyl (C=O) groups is 4. The molecule has 154 valence electrons. The summed E-state index contributed by atoms with van der Waals surface area (Å²) in [5, 5.41) is 9.48. The van der Waals surface area contributed by atoms with Crippen molar-refractivity contribution < 1.29 is 19.2 Å². The minimum absolute atomic E-state index is 0.141. The molecule has 1 heterocycles. The molecule has 9 heteroatoms. The predicted molar refractivity (Wildman–Crippen MR) is 112 cm³/mol. The van der Waals surface area contributed by atoms with Gasteiger partial charge in [0.2, 0.25) is 17.7 Å². The van der Waals surface area contributed by atoms with Crippen LogP contribution in [0.4, 0.5) is 5.69 Å². The third-order valence-electron chi connectivity index (χ3n) is 4.14. The zero-order chi connectivity index (χ0) is 21.4. The monoisotopic (exact) mass is 416 g/mol. The first-order valence-electron chi connectivity index (χ1n) is 8.96. The fourth-order valence-corrected chi connectivity index (χ4v) is 3.16. The maximum absolute atomic E-state index is 12.2. The van der Waals surface area contributed by atoms with E-state index in [1.165, 1.54) is 23.3 Å². The maximum atomic E-state index is 12.2. The molecule has 0 saturated carbocycles. The number of thiophene rings is 1. The molecule has 0 fully saturated rings. The van der Waals surface area contributed by atoms with Crippen molar-refractivity contribution in [3.05, 3.63) is 51.7 Å². The van der Waals surface area contributed by atoms with Crippen LogP contribution in [0, 0.1) is 13.8 Å². The number of likely N-dealkylation sites (N-methyl/N-ethyl adjacent to an activating group) is 1. The molecule has 0 spiro atoms. The lowest BCUT2D eigenvalue weighted by Gasteiger charge is -2.18. The van der Waals surface area contributed by atoms with E-state index < -0.39 is 11.8 Å². The van der Waals surface area contributed by atoms with Gasteiger partial charge in [-0.3, -0.25) is 19.2 Å². The summed E-state index contributed by atoms with van der Waals surface area (Å²) in [5.41, 5.74) is 2.60. The molecule has 0 atom stereocenters. The Morgan fingerprint density at radius 2 is 1.62 bits per heavy atom. The second kappa shape index (κ2) is 10.4. The van der Waals surface area contributed by atoms with Crippen LogP contribution in [0.1, 0.15) is 20.8 Å². The number of nitrogens with one attached hydrogen (secondary N) is 3. The van der Waals surface area contributed by atoms with Crippen LogP contribution < -0.4 is 16.0 Å². The van der Waals surface area contributed by atoms with E-state index in [-0.39, 0.29) is 31.4 Å². The largest absolute Gasteiger partial charge is 0.345 e. The molecule has 29 heavy (non-hydrogen) atoms. The molecule has 0 aliphatic rings. The Balaban J connectivity index is 1.73. The Labute approximate surface area is 173 Å². The quantitative estimate of drug-likeness (QED) is 0.603. The van der Waals surface area contributed by atoms with Crippen molar-refractivity contribution >= 4 is 40.7 Å². The number of benzene rings is 1. The van der Waals surface area contributed by atoms with Gasteiger partial charge >= 0.3 is 0 Å². The van der Waals surface area contributed by atoms with E-state index >= 15 is 0 Å². The summed E-state index contributed by atoms with van der Waals surface area (Å²) in [5.74, 6) is -1.58. The van der Waals surface area contributed by atoms with Crippen LogP contribution in [0.25, 0.3) is 0 Å². The number of hydrogen-bond donors (Lipinski definition) is 3. The number of amides is 4. The Bertz CT molecular complexity index is 876. The summed E-state index contributed by atoms with van der Waals surface area (Å²) in [6.07, 6.45) is 0. The number of anilines is 1. The number of para-hydroxylation sites is 1. The Kier molecular flexibility index (Phi) is 7.90. The van der Waals surface area contributed by atoms with Crippen molar-refractivity contribution in [3.8, 4) is 0 Å². The lowest BCUT2D eigenvalue weighted by molar-refractivity contribution is -0.134. The molecule has 2 aromatic rings. The molecule has 0 radical (unpaired) electrons. The van der Waals surface area contributed by atoms with Crippen LogP contribution in [0.5, 0.6) is 0 Å². The van der Waals surface area contributed by atoms with Crippen LogP contribution in [0.15, 0.2) is 35.7 Å². The van der Waals surface area contributed by atoms with Crippen molar-refractivity contribution in [1.29, 1.82) is 0 Å². The van der Waals surface area contributed by atoms with Crippen LogP contribution in [-0.4, -0.2) is 55.2 Å². The molecule has 2 rings (SSSR count). The minimum atomic E-state index is -0.489. The highest BCUT2D eigenvalue weighted by Gasteiger charge is 2.16. The van der Waals surface area contributed by atoms with E-state index in [0.29, 0.717) is 4.88 Å². The second-order valence-corrected chi connectivity index (χ2v) is 7.45. The van der Waals surface area contributed by atoms with Gasteiger partial charge < -0.3 is 20.9 Å². The van der Waals surface area contributed by atoms with Crippen LogP contribution in [0.2, 0.25) is 0 Å². The van der Waals surface area contributed by atoms with Crippen LogP contribution in [-0.2, 0) is 14.4 Å². The molecular weight excluding hydrogens is 392 g/mol. The lowest BCUT2D eigenvalue weighted by atomic mass is 10.1. The Morgan fingerprint density at radius 3 is 2.24 bits per heavy atom. The van der Waals surface area contributed by atoms with E-state index in [9.17, 15) is 19.2 Å². The normalized spacial score (nSPS) is 10.2. The first kappa shape index (κ1) is 22.1. The summed E-state index contributed by atoms with van der Waals surface area (Å²) >= 11 is 1.27. The van der Waals surface area contributed by atoms with Gasteiger partial charge in [0.1, 0.15) is 0 Å². The van der Waals surface area contributed by atoms with Crippen molar-refractivity contribution in [3.63, 3.8) is 0 Å². The summed E-state index contributed by atoms with van der Waals surface area (Å²) < 4.78 is 0. The fourth-order valence-electron chi connectivity index (χ4n) is 2.52. The summed E-state index contributed by atoms with van der Waals surface area (Å²) in [6, 6.07) is 9.08. The fraction of sp³-hybridized carbons (Fsp3) is 0.300. The maximum Gasteiger partial charge on any atom is 0.261 e. The number of rotatable bonds is 8. The van der Waals surface area contributed by atoms with E-state index in [4.69, 9.17) is 0 Å². The molecular formula is C20H24N4O4S. The number of aryl methyl sites for hydroxylation is 2. The molecule has 0 aliphatic heterocycles. The SMILES string of the molecule is Cc1cccc(C)c1NC(=O)CN(C)C(=O)CNC(=O)CNC(=O)c1cccs1. The number of carbonyl (C=O) groups excluding carboxylic acids is 4. The van der Waals surface area contributed by atoms with E-state index in [2.05, 4.69) is 16.0 Å². The molecule has 1 aromatic heterocycles. The van der Waals surface area contributed by atoms with E-state index in [1.54, 1.807) is 17.5 Å². The zero-order valence-corrected chi connectivity index (χ0v) is 17.4. The van der Waals surface area contributed by atoms with Gasteiger partial charge in [-0.05, 0) is 36.4 Å². The molecule has 8 nitrogen and oxygen atoms in total. The first-order valence-corrected chi connectivity index (χ1v) is 9.84. The Hall–Kier alpha value is -3.20. The third kappa shape index (κ3) is 6.72. The van der Waals surface area contributed by atoms with Crippen molar-refractivity contribution in [1.82, 2.24) is 15.5 Å². The van der Waals surface area contributed by atoms with Crippen LogP contribution in [0.3, 0.4) is 0 Å². The average molecular weight is 417 g/mol. The van der Waals surface area contributed by atoms with E-state index in [1.807, 2.05) is 32.0 Å². The van der Waals surface area contributed by atoms with E-state index in [0.717, 1.165) is 16.8 Å². The number of nitrogens with zero attached hydrogens (tertiary/aromatic N) is 1. The molecule has 3 N–H and O–H groups in total. The smallest absolute Gasteiger partial charge is 0.261 e. The zero-order valence-electron chi connectivity index (χ0n) is 16.6. The van der Waals surface area contributed by atoms with Crippen LogP contribution >= 0.6 is 11.3 Å². The lowest BCUT2D eigenvalue weighted by Crippen LogP contribution is -2.44. The number of hydrogen-bond acceptors (Lipinski definition) is 5. The minimum Gasteiger partial charge on any atom is -0.345 e. The molecule has 0 aliphatic carbocycles. The highest BCUT2D eigenvalue weighted by Crippen LogP contribution is 2.19. The average Bonchev–Trinajstić information content (AvgIpc) is 3.22. The van der Waals surface area contributed by atoms with Crippen molar-refractivity contribution in [2.45, 2.75) is 13.8 Å². The topological polar surface area (TPSA) is 108 Å². The van der Waals surface area contributed by atoms with Gasteiger partial charge in [0.25, 0.3) is 5.91 Å². The summed E-state index contributed by atoms with van der Waals surface area (Å²) in [7, 11) is 1.48. The van der Waals surface area contributed by atoms with Gasteiger partial charge in [-0.2, -0.15) is 0 Å². The molecule has 0 saturated heterocycles. The van der Waals surface area contributed by atoms with Crippen molar-refractivity contribution in [2.24, 2.45) is 0 Å². The van der Waals surface area contributed by atoms with Crippen molar-refractivity contribution in [2.75, 3.05) is 32.0 Å². The van der Waals surface area contributed by atoms with Gasteiger partial charge in [0.15, 0.2) is 0 Å². The summed E-state index contributed by atoms with van der Waals surface area (Å²) in [6.45, 7) is 3.15. The highest BCUT2D eigenvalue weighted by molar-refractivity contribution is 7.12. The highest BCUT2D eigenvalue weighted by atomic mass is 32.1. The van der Waals surface area contributed by atoms with Gasteiger partial charge in [-0.25, -0.2) is 0 Å². The molecule has 4 amide bonds. The predicted octanol–water partition coefficient (Wildman–Crippen LogP) is 1.31. The third-order valence-corrected chi connectivity index (χ3v) is 5.01. The molecule has 0 bridgehead atoms. The molecule has 0 unspecified atom stereocenters. The summed E-state index contributed by atoms with van der Waals surface area (Å²) in [4.78, 5) is 49.7. The van der Waals surface area contributed by atoms with Gasteiger partial charge in [0, 0.05) is 12.7 Å². The second-order valence-electron chi connectivity index (χ2n) is 6.50. The van der Waals surface area contributed by atoms with Gasteiger partial charge in [-0.15, -0.1) is 11.3 Å². The Morgan fingerprint density at radius 1 is 0.931 bits per heavy atom. The first-order chi connectivity index (χ1) is 13.8. The molecule has 1 aromatic carbocycles. The standard InChI is InChI=1S/C20H24N4O4S/c1-13-6-4-7-14(2)19(13)23-17(26)12-24(3)18(27)11-21-16(25)10-22-20(28)15-8-5-9-29-15/h4-9H,10-12H2,1-3H3,(H,21,25)(H,22,28)(H,23,26).